The minimum atomic E-state index is -3.82. The van der Waals surface area contributed by atoms with Crippen LogP contribution in [0.4, 0.5) is 11.4 Å². The van der Waals surface area contributed by atoms with Gasteiger partial charge in [0.25, 0.3) is 11.4 Å². The fourth-order valence-corrected chi connectivity index (χ4v) is 4.91. The van der Waals surface area contributed by atoms with Crippen molar-refractivity contribution >= 4 is 27.1 Å². The molecule has 0 saturated heterocycles. The molecule has 11 nitrogen and oxygen atoms in total. The Bertz CT molecular complexity index is 1360. The van der Waals surface area contributed by atoms with Crippen LogP contribution in [0.5, 0.6) is 0 Å². The van der Waals surface area contributed by atoms with E-state index >= 15 is 0 Å². The first-order valence-corrected chi connectivity index (χ1v) is 12.1. The molecule has 35 heavy (non-hydrogen) atoms. The van der Waals surface area contributed by atoms with Gasteiger partial charge in [-0.3, -0.25) is 25.0 Å². The van der Waals surface area contributed by atoms with E-state index in [1.165, 1.54) is 41.3 Å². The Morgan fingerprint density at radius 1 is 0.943 bits per heavy atom. The van der Waals surface area contributed by atoms with E-state index in [0.717, 1.165) is 12.3 Å². The lowest BCUT2D eigenvalue weighted by molar-refractivity contribution is -0.395. The van der Waals surface area contributed by atoms with Crippen LogP contribution in [0.25, 0.3) is 0 Å². The summed E-state index contributed by atoms with van der Waals surface area (Å²) in [6, 6.07) is 14.0. The number of amides is 1. The first kappa shape index (κ1) is 25.4. The van der Waals surface area contributed by atoms with E-state index in [1.807, 2.05) is 0 Å². The molecule has 3 rings (SSSR count). The van der Waals surface area contributed by atoms with Crippen LogP contribution in [0, 0.1) is 20.2 Å². The van der Waals surface area contributed by atoms with Crippen molar-refractivity contribution in [2.45, 2.75) is 29.6 Å². The maximum absolute atomic E-state index is 13.4. The zero-order chi connectivity index (χ0) is 25.8. The van der Waals surface area contributed by atoms with Crippen molar-refractivity contribution < 1.29 is 23.1 Å². The Morgan fingerprint density at radius 3 is 2.03 bits per heavy atom. The highest BCUT2D eigenvalue weighted by atomic mass is 32.2. The van der Waals surface area contributed by atoms with Crippen LogP contribution in [0.1, 0.15) is 31.0 Å². The van der Waals surface area contributed by atoms with Gasteiger partial charge in [-0.15, -0.1) is 0 Å². The van der Waals surface area contributed by atoms with Crippen molar-refractivity contribution in [1.29, 1.82) is 0 Å². The molecule has 1 unspecified atom stereocenters. The van der Waals surface area contributed by atoms with Gasteiger partial charge in [0.05, 0.1) is 25.7 Å². The molecular formula is C23H22N4O7S. The van der Waals surface area contributed by atoms with Crippen LogP contribution in [0.15, 0.2) is 76.7 Å². The molecule has 0 bridgehead atoms. The number of rotatable bonds is 9. The van der Waals surface area contributed by atoms with Gasteiger partial charge in [-0.25, -0.2) is 13.4 Å². The Labute approximate surface area is 201 Å². The van der Waals surface area contributed by atoms with Crippen molar-refractivity contribution in [1.82, 2.24) is 9.88 Å². The molecule has 1 amide bonds. The maximum atomic E-state index is 13.4. The molecule has 0 aliphatic carbocycles. The van der Waals surface area contributed by atoms with Crippen LogP contribution in [-0.4, -0.2) is 47.1 Å². The Balaban J connectivity index is 2.16. The molecule has 3 aromatic rings. The molecule has 0 aliphatic heterocycles. The average molecular weight is 499 g/mol. The third-order valence-corrected chi connectivity index (χ3v) is 7.25. The molecule has 0 spiro atoms. The summed E-state index contributed by atoms with van der Waals surface area (Å²) in [5, 5.41) is 22.9. The van der Waals surface area contributed by atoms with Gasteiger partial charge in [-0.2, -0.15) is 0 Å². The summed E-state index contributed by atoms with van der Waals surface area (Å²) in [5.74, 6) is -1.78. The zero-order valence-corrected chi connectivity index (χ0v) is 19.7. The number of hydrogen-bond acceptors (Lipinski definition) is 8. The number of carbonyl (C=O) groups is 1. The molecule has 1 aromatic heterocycles. The molecule has 0 fully saturated rings. The van der Waals surface area contributed by atoms with Crippen LogP contribution in [-0.2, 0) is 14.6 Å². The van der Waals surface area contributed by atoms with Crippen molar-refractivity contribution in [3.8, 4) is 0 Å². The molecule has 0 aliphatic rings. The number of nitrogens with zero attached hydrogens (tertiary/aromatic N) is 4. The largest absolute Gasteiger partial charge is 0.342 e. The van der Waals surface area contributed by atoms with E-state index in [9.17, 15) is 33.4 Å². The van der Waals surface area contributed by atoms with Crippen LogP contribution in [0.2, 0.25) is 0 Å². The number of nitro groups is 2. The molecule has 12 heteroatoms. The molecule has 0 N–H and O–H groups in total. The predicted molar refractivity (Wildman–Crippen MR) is 126 cm³/mol. The van der Waals surface area contributed by atoms with E-state index in [4.69, 9.17) is 0 Å². The summed E-state index contributed by atoms with van der Waals surface area (Å²) in [6.07, 6.45) is 0.860. The van der Waals surface area contributed by atoms with Gasteiger partial charge in [-0.1, -0.05) is 30.3 Å². The number of likely N-dealkylation sites (N-methyl/N-ethyl adjacent to an activating group) is 1. The van der Waals surface area contributed by atoms with Gasteiger partial charge in [-0.05, 0) is 43.7 Å². The number of carbonyl (C=O) groups excluding carboxylic acids is 1. The summed E-state index contributed by atoms with van der Waals surface area (Å²) in [5.41, 5.74) is -1.26. The highest BCUT2D eigenvalue weighted by Gasteiger charge is 2.35. The third-order valence-electron chi connectivity index (χ3n) is 5.46. The van der Waals surface area contributed by atoms with Gasteiger partial charge in [0, 0.05) is 13.1 Å². The Kier molecular flexibility index (Phi) is 7.55. The number of benzene rings is 2. The first-order chi connectivity index (χ1) is 16.6. The van der Waals surface area contributed by atoms with Crippen molar-refractivity contribution in [3.63, 3.8) is 0 Å². The van der Waals surface area contributed by atoms with Gasteiger partial charge < -0.3 is 4.90 Å². The topological polar surface area (TPSA) is 154 Å². The Hall–Kier alpha value is -4.19. The van der Waals surface area contributed by atoms with E-state index in [2.05, 4.69) is 4.98 Å². The van der Waals surface area contributed by atoms with E-state index in [1.54, 1.807) is 32.0 Å². The van der Waals surface area contributed by atoms with Gasteiger partial charge >= 0.3 is 0 Å². The van der Waals surface area contributed by atoms with Crippen molar-refractivity contribution in [3.05, 3.63) is 98.3 Å². The minimum absolute atomic E-state index is 0.0207. The van der Waals surface area contributed by atoms with E-state index < -0.39 is 42.9 Å². The smallest absolute Gasteiger partial charge is 0.298 e. The molecular weight excluding hydrogens is 476 g/mol. The standard InChI is InChI=1S/C23H22N4O7S/c1-3-25(4-2)23(28)21(22-20(27(31)32)14-17(15-24-22)26(29)30)16-10-12-19(13-11-16)35(33,34)18-8-6-5-7-9-18/h5-15,21H,3-4H2,1-2H3. The number of pyridine rings is 1. The molecule has 2 aromatic carbocycles. The summed E-state index contributed by atoms with van der Waals surface area (Å²) in [7, 11) is -3.82. The second kappa shape index (κ2) is 10.4. The van der Waals surface area contributed by atoms with E-state index in [0.29, 0.717) is 13.1 Å². The van der Waals surface area contributed by atoms with Crippen molar-refractivity contribution in [2.75, 3.05) is 13.1 Å². The second-order valence-corrected chi connectivity index (χ2v) is 9.39. The monoisotopic (exact) mass is 498 g/mol. The average Bonchev–Trinajstić information content (AvgIpc) is 2.85. The predicted octanol–water partition coefficient (Wildman–Crippen LogP) is 3.73. The number of aromatic nitrogens is 1. The third kappa shape index (κ3) is 5.17. The molecule has 0 saturated carbocycles. The molecule has 1 atom stereocenters. The lowest BCUT2D eigenvalue weighted by atomic mass is 9.92. The fraction of sp³-hybridized carbons (Fsp3) is 0.217. The highest BCUT2D eigenvalue weighted by Crippen LogP contribution is 2.34. The highest BCUT2D eigenvalue weighted by molar-refractivity contribution is 7.91. The molecule has 1 heterocycles. The van der Waals surface area contributed by atoms with E-state index in [-0.39, 0.29) is 21.0 Å². The van der Waals surface area contributed by atoms with Crippen LogP contribution < -0.4 is 0 Å². The summed E-state index contributed by atoms with van der Waals surface area (Å²) < 4.78 is 25.8. The van der Waals surface area contributed by atoms with Gasteiger partial charge in [0.1, 0.15) is 17.8 Å². The summed E-state index contributed by atoms with van der Waals surface area (Å²) in [4.78, 5) is 40.1. The van der Waals surface area contributed by atoms with Gasteiger partial charge in [0.2, 0.25) is 15.7 Å². The fourth-order valence-electron chi connectivity index (χ4n) is 3.63. The van der Waals surface area contributed by atoms with Crippen LogP contribution >= 0.6 is 0 Å². The lowest BCUT2D eigenvalue weighted by Crippen LogP contribution is -2.36. The second-order valence-electron chi connectivity index (χ2n) is 7.44. The quantitative estimate of drug-likeness (QED) is 0.319. The maximum Gasteiger partial charge on any atom is 0.298 e. The first-order valence-electron chi connectivity index (χ1n) is 10.6. The normalized spacial score (nSPS) is 12.1. The SMILES string of the molecule is CCN(CC)C(=O)C(c1ccc(S(=O)(=O)c2ccccc2)cc1)c1ncc([N+](=O)[O-])cc1[N+](=O)[O-]. The lowest BCUT2D eigenvalue weighted by Gasteiger charge is -2.25. The number of sulfone groups is 1. The Morgan fingerprint density at radius 2 is 1.51 bits per heavy atom. The van der Waals surface area contributed by atoms with Gasteiger partial charge in [0.15, 0.2) is 0 Å². The summed E-state index contributed by atoms with van der Waals surface area (Å²) in [6.45, 7) is 4.11. The minimum Gasteiger partial charge on any atom is -0.342 e. The van der Waals surface area contributed by atoms with Crippen LogP contribution in [0.3, 0.4) is 0 Å². The zero-order valence-electron chi connectivity index (χ0n) is 18.9. The molecule has 0 radical (unpaired) electrons. The molecule has 182 valence electrons. The number of hydrogen-bond donors (Lipinski definition) is 0. The van der Waals surface area contributed by atoms with Crippen molar-refractivity contribution in [2.24, 2.45) is 0 Å². The summed E-state index contributed by atoms with van der Waals surface area (Å²) >= 11 is 0.